The summed E-state index contributed by atoms with van der Waals surface area (Å²) >= 11 is 0. The maximum Gasteiger partial charge on any atom is 0.433 e. The molecule has 10 heteroatoms. The van der Waals surface area contributed by atoms with Crippen LogP contribution in [0.1, 0.15) is 41.5 Å². The first kappa shape index (κ1) is 20.6. The van der Waals surface area contributed by atoms with Crippen LogP contribution in [0.5, 0.6) is 0 Å². The Labute approximate surface area is 175 Å². The van der Waals surface area contributed by atoms with Crippen LogP contribution >= 0.6 is 0 Å². The molecule has 0 bridgehead atoms. The maximum atomic E-state index is 13.5. The molecule has 0 fully saturated rings. The van der Waals surface area contributed by atoms with Crippen LogP contribution in [0, 0.1) is 0 Å². The number of fused-ring (bicyclic) bond motifs is 1. The van der Waals surface area contributed by atoms with Crippen molar-refractivity contribution >= 4 is 16.9 Å². The van der Waals surface area contributed by atoms with E-state index >= 15 is 0 Å². The Bertz CT molecular complexity index is 1220. The third kappa shape index (κ3) is 4.00. The predicted octanol–water partition coefficient (Wildman–Crippen LogP) is 4.15. The van der Waals surface area contributed by atoms with Gasteiger partial charge in [-0.1, -0.05) is 18.2 Å². The third-order valence-corrected chi connectivity index (χ3v) is 4.76. The maximum absolute atomic E-state index is 13.5. The molecule has 0 saturated heterocycles. The fourth-order valence-corrected chi connectivity index (χ4v) is 3.29. The van der Waals surface area contributed by atoms with E-state index in [1.54, 1.807) is 38.5 Å². The van der Waals surface area contributed by atoms with Gasteiger partial charge in [-0.25, -0.2) is 9.97 Å². The number of rotatable bonds is 5. The first-order chi connectivity index (χ1) is 14.8. The van der Waals surface area contributed by atoms with Gasteiger partial charge in [-0.05, 0) is 37.6 Å². The first-order valence-electron chi connectivity index (χ1n) is 9.56. The van der Waals surface area contributed by atoms with Crippen LogP contribution in [-0.4, -0.2) is 30.2 Å². The van der Waals surface area contributed by atoms with Gasteiger partial charge in [0.2, 0.25) is 0 Å². The highest BCUT2D eigenvalue weighted by Gasteiger charge is 2.40. The number of carbonyl (C=O) groups is 1. The zero-order chi connectivity index (χ0) is 22.2. The molecule has 0 aliphatic carbocycles. The molecular weight excluding hydrogens is 409 g/mol. The number of halogens is 3. The lowest BCUT2D eigenvalue weighted by atomic mass is 10.2. The predicted molar refractivity (Wildman–Crippen MR) is 108 cm³/mol. The second-order valence-corrected chi connectivity index (χ2v) is 7.25. The van der Waals surface area contributed by atoms with E-state index in [9.17, 15) is 18.0 Å². The van der Waals surface area contributed by atoms with Crippen molar-refractivity contribution in [2.45, 2.75) is 32.6 Å². The number of benzene rings is 1. The largest absolute Gasteiger partial charge is 0.433 e. The Balaban J connectivity index is 1.50. The Morgan fingerprint density at radius 3 is 2.55 bits per heavy atom. The van der Waals surface area contributed by atoms with Crippen molar-refractivity contribution in [2.75, 3.05) is 0 Å². The van der Waals surface area contributed by atoms with Crippen molar-refractivity contribution in [3.05, 3.63) is 71.9 Å². The second-order valence-electron chi connectivity index (χ2n) is 7.25. The number of para-hydroxylation sites is 2. The molecule has 7 nitrogen and oxygen atoms in total. The number of pyridine rings is 1. The number of imidazole rings is 1. The van der Waals surface area contributed by atoms with Gasteiger partial charge in [0.1, 0.15) is 12.1 Å². The molecule has 0 radical (unpaired) electrons. The fourth-order valence-electron chi connectivity index (χ4n) is 3.29. The van der Waals surface area contributed by atoms with E-state index in [-0.39, 0.29) is 6.54 Å². The molecule has 0 unspecified atom stereocenters. The molecule has 0 aliphatic heterocycles. The zero-order valence-corrected chi connectivity index (χ0v) is 16.8. The normalized spacial score (nSPS) is 11.9. The fraction of sp³-hybridized carbons (Fsp3) is 0.238. The molecule has 0 atom stereocenters. The molecule has 1 N–H and O–H groups in total. The second kappa shape index (κ2) is 7.86. The van der Waals surface area contributed by atoms with Gasteiger partial charge in [-0.15, -0.1) is 0 Å². The number of hydrogen-bond donors (Lipinski definition) is 1. The topological polar surface area (TPSA) is 77.6 Å². The average Bonchev–Trinajstić information content (AvgIpc) is 3.37. The van der Waals surface area contributed by atoms with E-state index in [0.29, 0.717) is 11.4 Å². The van der Waals surface area contributed by atoms with E-state index in [2.05, 4.69) is 20.4 Å². The van der Waals surface area contributed by atoms with Crippen molar-refractivity contribution in [3.63, 3.8) is 0 Å². The summed E-state index contributed by atoms with van der Waals surface area (Å²) in [6.45, 7) is 3.17. The zero-order valence-electron chi connectivity index (χ0n) is 16.8. The molecule has 0 aliphatic rings. The van der Waals surface area contributed by atoms with Crippen LogP contribution in [0.3, 0.4) is 0 Å². The molecule has 31 heavy (non-hydrogen) atoms. The van der Waals surface area contributed by atoms with Gasteiger partial charge in [0.05, 0.1) is 22.8 Å². The molecule has 0 spiro atoms. The van der Waals surface area contributed by atoms with Crippen LogP contribution in [-0.2, 0) is 12.7 Å². The molecule has 3 heterocycles. The van der Waals surface area contributed by atoms with Gasteiger partial charge in [0.15, 0.2) is 5.69 Å². The van der Waals surface area contributed by atoms with Crippen LogP contribution < -0.4 is 5.32 Å². The van der Waals surface area contributed by atoms with Crippen molar-refractivity contribution in [3.8, 4) is 5.82 Å². The number of nitrogens with one attached hydrogen (secondary N) is 1. The monoisotopic (exact) mass is 428 g/mol. The Morgan fingerprint density at radius 1 is 1.10 bits per heavy atom. The van der Waals surface area contributed by atoms with Gasteiger partial charge in [-0.2, -0.15) is 18.3 Å². The van der Waals surface area contributed by atoms with E-state index in [0.717, 1.165) is 21.9 Å². The number of carbonyl (C=O) groups excluding carboxylic acids is 1. The summed E-state index contributed by atoms with van der Waals surface area (Å²) in [5.74, 6) is -0.203. The number of nitrogens with zero attached hydrogens (tertiary/aromatic N) is 5. The first-order valence-corrected chi connectivity index (χ1v) is 9.56. The highest BCUT2D eigenvalue weighted by atomic mass is 19.4. The lowest BCUT2D eigenvalue weighted by Crippen LogP contribution is -2.27. The smallest absolute Gasteiger partial charge is 0.348 e. The van der Waals surface area contributed by atoms with Crippen molar-refractivity contribution < 1.29 is 18.0 Å². The van der Waals surface area contributed by atoms with Crippen LogP contribution in [0.4, 0.5) is 13.2 Å². The molecule has 160 valence electrons. The van der Waals surface area contributed by atoms with E-state index in [4.69, 9.17) is 0 Å². The van der Waals surface area contributed by atoms with E-state index in [1.807, 2.05) is 28.8 Å². The van der Waals surface area contributed by atoms with Crippen LogP contribution in [0.25, 0.3) is 16.9 Å². The molecular formula is C21H19F3N6O. The van der Waals surface area contributed by atoms with Crippen molar-refractivity contribution in [2.24, 2.45) is 0 Å². The number of amides is 1. The minimum Gasteiger partial charge on any atom is -0.348 e. The van der Waals surface area contributed by atoms with Gasteiger partial charge >= 0.3 is 6.18 Å². The van der Waals surface area contributed by atoms with Crippen molar-refractivity contribution in [1.82, 2.24) is 29.6 Å². The van der Waals surface area contributed by atoms with E-state index < -0.39 is 29.4 Å². The summed E-state index contributed by atoms with van der Waals surface area (Å²) in [5, 5.41) is 6.25. The molecule has 4 rings (SSSR count). The Hall–Kier alpha value is -3.69. The molecule has 4 aromatic rings. The third-order valence-electron chi connectivity index (χ3n) is 4.76. The number of alkyl halides is 3. The molecule has 1 amide bonds. The SMILES string of the molecule is CC(C)n1ncc(C(=O)NCc2ccc(-n3cnc4ccccc43)nc2)c1C(F)(F)F. The summed E-state index contributed by atoms with van der Waals surface area (Å²) in [6, 6.07) is 10.6. The minimum absolute atomic E-state index is 0.0287. The quantitative estimate of drug-likeness (QED) is 0.518. The summed E-state index contributed by atoms with van der Waals surface area (Å²) < 4.78 is 43.0. The number of aromatic nitrogens is 5. The highest BCUT2D eigenvalue weighted by molar-refractivity contribution is 5.95. The summed E-state index contributed by atoms with van der Waals surface area (Å²) in [6.07, 6.45) is -0.514. The van der Waals surface area contributed by atoms with Crippen LogP contribution in [0.2, 0.25) is 0 Å². The number of hydrogen-bond acceptors (Lipinski definition) is 4. The van der Waals surface area contributed by atoms with Gasteiger partial charge in [0.25, 0.3) is 5.91 Å². The summed E-state index contributed by atoms with van der Waals surface area (Å²) in [7, 11) is 0. The Kier molecular flexibility index (Phi) is 5.22. The Morgan fingerprint density at radius 2 is 1.87 bits per heavy atom. The average molecular weight is 428 g/mol. The van der Waals surface area contributed by atoms with Crippen LogP contribution in [0.15, 0.2) is 55.1 Å². The standard InChI is InChI=1S/C21H19F3N6O/c1-13(2)30-19(21(22,23)24)15(11-28-30)20(31)26-10-14-7-8-18(25-9-14)29-12-27-16-5-3-4-6-17(16)29/h3-9,11-13H,10H2,1-2H3,(H,26,31). The molecule has 3 aromatic heterocycles. The van der Waals surface area contributed by atoms with Gasteiger partial charge < -0.3 is 5.32 Å². The van der Waals surface area contributed by atoms with E-state index in [1.165, 1.54) is 0 Å². The summed E-state index contributed by atoms with van der Waals surface area (Å²) in [4.78, 5) is 21.1. The van der Waals surface area contributed by atoms with Gasteiger partial charge in [0, 0.05) is 18.8 Å². The molecule has 1 aromatic carbocycles. The van der Waals surface area contributed by atoms with Gasteiger partial charge in [-0.3, -0.25) is 14.0 Å². The van der Waals surface area contributed by atoms with Crippen molar-refractivity contribution in [1.29, 1.82) is 0 Å². The minimum atomic E-state index is -4.69. The molecule has 0 saturated carbocycles. The highest BCUT2D eigenvalue weighted by Crippen LogP contribution is 2.33. The lowest BCUT2D eigenvalue weighted by molar-refractivity contribution is -0.145. The summed E-state index contributed by atoms with van der Waals surface area (Å²) in [5.41, 5.74) is 0.823. The lowest BCUT2D eigenvalue weighted by Gasteiger charge is -2.15.